The molecule has 0 atom stereocenters. The third-order valence-corrected chi connectivity index (χ3v) is 3.02. The number of rotatable bonds is 1. The fourth-order valence-electron chi connectivity index (χ4n) is 1.55. The van der Waals surface area contributed by atoms with Crippen molar-refractivity contribution in [3.63, 3.8) is 0 Å². The molecule has 5 heteroatoms. The standard InChI is InChI=1S/C11H10N2O2S/c1-7(14)13(8(2)15)11-9-5-3-4-6-10(9)16-12-11/h3-6H,1-2H3. The Labute approximate surface area is 96.7 Å². The lowest BCUT2D eigenvalue weighted by atomic mass is 10.2. The van der Waals surface area contributed by atoms with Crippen molar-refractivity contribution < 1.29 is 9.59 Å². The molecule has 2 amide bonds. The van der Waals surface area contributed by atoms with Gasteiger partial charge in [-0.1, -0.05) is 12.1 Å². The second kappa shape index (κ2) is 4.02. The third-order valence-electron chi connectivity index (χ3n) is 2.20. The highest BCUT2D eigenvalue weighted by molar-refractivity contribution is 7.13. The number of fused-ring (bicyclic) bond motifs is 1. The van der Waals surface area contributed by atoms with Crippen molar-refractivity contribution in [2.24, 2.45) is 0 Å². The molecule has 4 nitrogen and oxygen atoms in total. The fourth-order valence-corrected chi connectivity index (χ4v) is 2.32. The molecule has 2 aromatic rings. The van der Waals surface area contributed by atoms with Crippen LogP contribution >= 0.6 is 11.5 Å². The molecule has 0 aliphatic heterocycles. The Morgan fingerprint density at radius 1 is 1.19 bits per heavy atom. The summed E-state index contributed by atoms with van der Waals surface area (Å²) in [7, 11) is 0. The summed E-state index contributed by atoms with van der Waals surface area (Å²) in [6, 6.07) is 7.52. The number of nitrogens with zero attached hydrogens (tertiary/aromatic N) is 2. The number of benzene rings is 1. The van der Waals surface area contributed by atoms with Gasteiger partial charge in [0.1, 0.15) is 0 Å². The van der Waals surface area contributed by atoms with Crippen LogP contribution in [0.1, 0.15) is 13.8 Å². The van der Waals surface area contributed by atoms with Crippen LogP contribution < -0.4 is 4.90 Å². The van der Waals surface area contributed by atoms with Gasteiger partial charge in [-0.05, 0) is 23.7 Å². The molecule has 0 bridgehead atoms. The van der Waals surface area contributed by atoms with Crippen molar-refractivity contribution in [1.82, 2.24) is 4.37 Å². The van der Waals surface area contributed by atoms with Gasteiger partial charge in [0.15, 0.2) is 5.82 Å². The van der Waals surface area contributed by atoms with Gasteiger partial charge in [0, 0.05) is 19.2 Å². The molecular formula is C11H10N2O2S. The maximum atomic E-state index is 11.4. The molecule has 0 unspecified atom stereocenters. The van der Waals surface area contributed by atoms with E-state index in [0.717, 1.165) is 15.0 Å². The first-order valence-electron chi connectivity index (χ1n) is 4.77. The Balaban J connectivity index is 2.61. The first-order valence-corrected chi connectivity index (χ1v) is 5.54. The molecule has 0 saturated heterocycles. The number of hydrogen-bond acceptors (Lipinski definition) is 4. The lowest BCUT2D eigenvalue weighted by Gasteiger charge is -2.14. The minimum atomic E-state index is -0.316. The largest absolute Gasteiger partial charge is 0.274 e. The predicted molar refractivity (Wildman–Crippen MR) is 63.5 cm³/mol. The number of anilines is 1. The van der Waals surface area contributed by atoms with Crippen molar-refractivity contribution in [3.05, 3.63) is 24.3 Å². The normalized spacial score (nSPS) is 10.4. The molecule has 1 heterocycles. The van der Waals surface area contributed by atoms with Crippen molar-refractivity contribution >= 4 is 39.3 Å². The topological polar surface area (TPSA) is 50.3 Å². The SMILES string of the molecule is CC(=O)N(C(C)=O)c1nsc2ccccc12. The average Bonchev–Trinajstić information content (AvgIpc) is 2.61. The van der Waals surface area contributed by atoms with Crippen molar-refractivity contribution in [2.75, 3.05) is 4.90 Å². The van der Waals surface area contributed by atoms with Crippen molar-refractivity contribution in [1.29, 1.82) is 0 Å². The van der Waals surface area contributed by atoms with Gasteiger partial charge < -0.3 is 0 Å². The summed E-state index contributed by atoms with van der Waals surface area (Å²) in [5.74, 6) is -0.201. The molecule has 82 valence electrons. The smallest absolute Gasteiger partial charge is 0.231 e. The molecule has 2 rings (SSSR count). The molecule has 0 radical (unpaired) electrons. The van der Waals surface area contributed by atoms with Gasteiger partial charge in [-0.3, -0.25) is 9.59 Å². The van der Waals surface area contributed by atoms with E-state index in [1.165, 1.54) is 25.4 Å². The zero-order valence-electron chi connectivity index (χ0n) is 8.93. The third kappa shape index (κ3) is 1.69. The highest BCUT2D eigenvalue weighted by Crippen LogP contribution is 2.29. The summed E-state index contributed by atoms with van der Waals surface area (Å²) >= 11 is 1.28. The lowest BCUT2D eigenvalue weighted by molar-refractivity contribution is -0.124. The molecule has 0 saturated carbocycles. The molecular weight excluding hydrogens is 224 g/mol. The van der Waals surface area contributed by atoms with Gasteiger partial charge in [-0.15, -0.1) is 0 Å². The number of imide groups is 1. The Kier molecular flexibility index (Phi) is 2.70. The van der Waals surface area contributed by atoms with Crippen LogP contribution in [0.5, 0.6) is 0 Å². The van der Waals surface area contributed by atoms with Crippen LogP contribution in [0, 0.1) is 0 Å². The Morgan fingerprint density at radius 2 is 1.81 bits per heavy atom. The second-order valence-electron chi connectivity index (χ2n) is 3.38. The monoisotopic (exact) mass is 234 g/mol. The van der Waals surface area contributed by atoms with Crippen molar-refractivity contribution in [2.45, 2.75) is 13.8 Å². The van der Waals surface area contributed by atoms with Gasteiger partial charge in [0.05, 0.1) is 4.70 Å². The Morgan fingerprint density at radius 3 is 2.44 bits per heavy atom. The summed E-state index contributed by atoms with van der Waals surface area (Å²) < 4.78 is 5.13. The molecule has 0 aliphatic rings. The summed E-state index contributed by atoms with van der Waals surface area (Å²) in [4.78, 5) is 23.9. The highest BCUT2D eigenvalue weighted by atomic mass is 32.1. The summed E-state index contributed by atoms with van der Waals surface area (Å²) in [5.41, 5.74) is 0. The van der Waals surface area contributed by atoms with Gasteiger partial charge in [-0.25, -0.2) is 4.90 Å². The van der Waals surface area contributed by atoms with E-state index in [1.807, 2.05) is 24.3 Å². The van der Waals surface area contributed by atoms with Gasteiger partial charge >= 0.3 is 0 Å². The quantitative estimate of drug-likeness (QED) is 0.760. The minimum Gasteiger partial charge on any atom is -0.274 e. The summed E-state index contributed by atoms with van der Waals surface area (Å²) in [6.07, 6.45) is 0. The number of aromatic nitrogens is 1. The van der Waals surface area contributed by atoms with E-state index < -0.39 is 0 Å². The van der Waals surface area contributed by atoms with Crippen LogP contribution in [0.4, 0.5) is 5.82 Å². The molecule has 1 aromatic heterocycles. The van der Waals surface area contributed by atoms with Crippen LogP contribution in [0.2, 0.25) is 0 Å². The van der Waals surface area contributed by atoms with E-state index in [0.29, 0.717) is 5.82 Å². The number of hydrogen-bond donors (Lipinski definition) is 0. The van der Waals surface area contributed by atoms with Crippen LogP contribution in [-0.2, 0) is 9.59 Å². The Bertz CT molecular complexity index is 548. The van der Waals surface area contributed by atoms with Crippen LogP contribution in [0.15, 0.2) is 24.3 Å². The average molecular weight is 234 g/mol. The highest BCUT2D eigenvalue weighted by Gasteiger charge is 2.21. The van der Waals surface area contributed by atoms with E-state index in [2.05, 4.69) is 4.37 Å². The van der Waals surface area contributed by atoms with E-state index in [-0.39, 0.29) is 11.8 Å². The Hall–Kier alpha value is -1.75. The van der Waals surface area contributed by atoms with Gasteiger partial charge in [0.2, 0.25) is 11.8 Å². The molecule has 0 N–H and O–H groups in total. The molecule has 0 fully saturated rings. The van der Waals surface area contributed by atoms with E-state index >= 15 is 0 Å². The van der Waals surface area contributed by atoms with Crippen LogP contribution in [-0.4, -0.2) is 16.2 Å². The van der Waals surface area contributed by atoms with E-state index in [9.17, 15) is 9.59 Å². The number of carbonyl (C=O) groups excluding carboxylic acids is 2. The predicted octanol–water partition coefficient (Wildman–Crippen LogP) is 2.20. The lowest BCUT2D eigenvalue weighted by Crippen LogP contribution is -2.33. The van der Waals surface area contributed by atoms with Gasteiger partial charge in [0.25, 0.3) is 0 Å². The molecule has 0 aliphatic carbocycles. The first kappa shape index (κ1) is 10.8. The number of amides is 2. The zero-order valence-corrected chi connectivity index (χ0v) is 9.75. The first-order chi connectivity index (χ1) is 7.61. The molecule has 1 aromatic carbocycles. The van der Waals surface area contributed by atoms with E-state index in [1.54, 1.807) is 0 Å². The second-order valence-corrected chi connectivity index (χ2v) is 4.18. The number of carbonyl (C=O) groups is 2. The summed E-state index contributed by atoms with van der Waals surface area (Å²) in [6.45, 7) is 2.71. The summed E-state index contributed by atoms with van der Waals surface area (Å²) in [5, 5.41) is 0.831. The van der Waals surface area contributed by atoms with Gasteiger partial charge in [-0.2, -0.15) is 4.37 Å². The fraction of sp³-hybridized carbons (Fsp3) is 0.182. The zero-order chi connectivity index (χ0) is 11.7. The van der Waals surface area contributed by atoms with E-state index in [4.69, 9.17) is 0 Å². The minimum absolute atomic E-state index is 0.316. The molecule has 0 spiro atoms. The van der Waals surface area contributed by atoms with Crippen molar-refractivity contribution in [3.8, 4) is 0 Å². The molecule has 16 heavy (non-hydrogen) atoms. The maximum Gasteiger partial charge on any atom is 0.231 e. The van der Waals surface area contributed by atoms with Crippen LogP contribution in [0.25, 0.3) is 10.1 Å². The maximum absolute atomic E-state index is 11.4. The van der Waals surface area contributed by atoms with Crippen LogP contribution in [0.3, 0.4) is 0 Å².